The van der Waals surface area contributed by atoms with Gasteiger partial charge >= 0.3 is 5.97 Å². The molecular formula is C19H19ClN2O5. The van der Waals surface area contributed by atoms with Crippen LogP contribution in [0.25, 0.3) is 0 Å². The number of carbonyl (C=O) groups is 3. The highest BCUT2D eigenvalue weighted by Crippen LogP contribution is 2.26. The normalized spacial score (nSPS) is 10.0. The Morgan fingerprint density at radius 1 is 0.963 bits per heavy atom. The van der Waals surface area contributed by atoms with Crippen molar-refractivity contribution in [1.82, 2.24) is 10.9 Å². The van der Waals surface area contributed by atoms with Crippen LogP contribution in [0.4, 0.5) is 0 Å². The van der Waals surface area contributed by atoms with Gasteiger partial charge in [0, 0.05) is 10.6 Å². The van der Waals surface area contributed by atoms with E-state index in [0.717, 1.165) is 11.1 Å². The molecule has 2 aromatic carbocycles. The summed E-state index contributed by atoms with van der Waals surface area (Å²) in [5.74, 6) is -1.33. The number of rotatable bonds is 6. The maximum Gasteiger partial charge on any atom is 0.344 e. The lowest BCUT2D eigenvalue weighted by Crippen LogP contribution is -2.43. The third-order valence-electron chi connectivity index (χ3n) is 3.48. The van der Waals surface area contributed by atoms with Gasteiger partial charge in [-0.25, -0.2) is 4.79 Å². The van der Waals surface area contributed by atoms with E-state index in [2.05, 4.69) is 10.9 Å². The minimum Gasteiger partial charge on any atom is -0.481 e. The monoisotopic (exact) mass is 390 g/mol. The van der Waals surface area contributed by atoms with E-state index in [1.54, 1.807) is 42.5 Å². The highest BCUT2D eigenvalue weighted by molar-refractivity contribution is 6.30. The van der Waals surface area contributed by atoms with E-state index in [-0.39, 0.29) is 6.61 Å². The number of aryl methyl sites for hydroxylation is 2. The predicted molar refractivity (Wildman–Crippen MR) is 99.4 cm³/mol. The molecule has 0 fully saturated rings. The SMILES string of the molecule is Cc1cc(Cl)cc(C)c1OCC(=O)OCC(=O)NNC(=O)c1ccccc1. The zero-order valence-electron chi connectivity index (χ0n) is 14.9. The summed E-state index contributed by atoms with van der Waals surface area (Å²) < 4.78 is 10.3. The van der Waals surface area contributed by atoms with E-state index >= 15 is 0 Å². The molecule has 0 aliphatic rings. The van der Waals surface area contributed by atoms with Crippen molar-refractivity contribution in [3.63, 3.8) is 0 Å². The molecule has 0 heterocycles. The lowest BCUT2D eigenvalue weighted by Gasteiger charge is -2.12. The number of ether oxygens (including phenoxy) is 2. The number of carbonyl (C=O) groups excluding carboxylic acids is 3. The van der Waals surface area contributed by atoms with Crippen molar-refractivity contribution in [2.24, 2.45) is 0 Å². The Bertz CT molecular complexity index is 816. The van der Waals surface area contributed by atoms with Gasteiger partial charge in [0.05, 0.1) is 0 Å². The van der Waals surface area contributed by atoms with Crippen LogP contribution < -0.4 is 15.6 Å². The van der Waals surface area contributed by atoms with Crippen LogP contribution in [-0.4, -0.2) is 31.0 Å². The first-order valence-corrected chi connectivity index (χ1v) is 8.44. The van der Waals surface area contributed by atoms with Crippen molar-refractivity contribution in [1.29, 1.82) is 0 Å². The third-order valence-corrected chi connectivity index (χ3v) is 3.69. The first-order valence-electron chi connectivity index (χ1n) is 8.06. The average Bonchev–Trinajstić information content (AvgIpc) is 2.64. The van der Waals surface area contributed by atoms with Gasteiger partial charge in [-0.2, -0.15) is 0 Å². The summed E-state index contributed by atoms with van der Waals surface area (Å²) in [6.45, 7) is 2.72. The van der Waals surface area contributed by atoms with Crippen LogP contribution in [-0.2, 0) is 14.3 Å². The Hall–Kier alpha value is -3.06. The molecule has 2 amide bonds. The van der Waals surface area contributed by atoms with Crippen molar-refractivity contribution in [2.45, 2.75) is 13.8 Å². The topological polar surface area (TPSA) is 93.7 Å². The molecule has 0 bridgehead atoms. The smallest absolute Gasteiger partial charge is 0.344 e. The number of nitrogens with one attached hydrogen (secondary N) is 2. The van der Waals surface area contributed by atoms with Gasteiger partial charge in [-0.1, -0.05) is 29.8 Å². The van der Waals surface area contributed by atoms with E-state index in [1.165, 1.54) is 0 Å². The van der Waals surface area contributed by atoms with Crippen molar-refractivity contribution in [3.8, 4) is 5.75 Å². The molecule has 2 rings (SSSR count). The van der Waals surface area contributed by atoms with Crippen LogP contribution in [0.15, 0.2) is 42.5 Å². The summed E-state index contributed by atoms with van der Waals surface area (Å²) in [6, 6.07) is 11.8. The quantitative estimate of drug-likeness (QED) is 0.583. The van der Waals surface area contributed by atoms with Gasteiger partial charge in [-0.15, -0.1) is 0 Å². The number of benzene rings is 2. The fourth-order valence-corrected chi connectivity index (χ4v) is 2.60. The number of esters is 1. The maximum absolute atomic E-state index is 11.8. The van der Waals surface area contributed by atoms with Gasteiger partial charge in [0.2, 0.25) is 0 Å². The Balaban J connectivity index is 1.72. The molecule has 8 heteroatoms. The van der Waals surface area contributed by atoms with E-state index in [1.807, 2.05) is 13.8 Å². The van der Waals surface area contributed by atoms with Crippen LogP contribution in [0, 0.1) is 13.8 Å². The summed E-state index contributed by atoms with van der Waals surface area (Å²) in [5, 5.41) is 0.578. The molecule has 0 atom stereocenters. The Morgan fingerprint density at radius 3 is 2.22 bits per heavy atom. The summed E-state index contributed by atoms with van der Waals surface area (Å²) in [7, 11) is 0. The van der Waals surface area contributed by atoms with Crippen LogP contribution in [0.2, 0.25) is 5.02 Å². The predicted octanol–water partition coefficient (Wildman–Crippen LogP) is 2.34. The first kappa shape index (κ1) is 20.3. The van der Waals surface area contributed by atoms with Crippen LogP contribution >= 0.6 is 11.6 Å². The molecule has 7 nitrogen and oxygen atoms in total. The lowest BCUT2D eigenvalue weighted by molar-refractivity contribution is -0.150. The van der Waals surface area contributed by atoms with E-state index in [4.69, 9.17) is 21.1 Å². The number of amides is 2. The first-order chi connectivity index (χ1) is 12.9. The second-order valence-corrected chi connectivity index (χ2v) is 6.12. The van der Waals surface area contributed by atoms with Gasteiger partial charge < -0.3 is 9.47 Å². The second kappa shape index (κ2) is 9.59. The number of hydrogen-bond donors (Lipinski definition) is 2. The highest BCUT2D eigenvalue weighted by atomic mass is 35.5. The van der Waals surface area contributed by atoms with E-state index in [9.17, 15) is 14.4 Å². The van der Waals surface area contributed by atoms with Crippen molar-refractivity contribution >= 4 is 29.4 Å². The Kier molecular flexibility index (Phi) is 7.19. The Morgan fingerprint density at radius 2 is 1.59 bits per heavy atom. The highest BCUT2D eigenvalue weighted by Gasteiger charge is 2.12. The molecule has 0 aliphatic heterocycles. The fraction of sp³-hybridized carbons (Fsp3) is 0.211. The molecule has 27 heavy (non-hydrogen) atoms. The Labute approximate surface area is 161 Å². The van der Waals surface area contributed by atoms with Crippen molar-refractivity contribution in [3.05, 3.63) is 64.2 Å². The van der Waals surface area contributed by atoms with Crippen molar-refractivity contribution in [2.75, 3.05) is 13.2 Å². The standard InChI is InChI=1S/C19H19ClN2O5/c1-12-8-15(20)9-13(2)18(12)27-11-17(24)26-10-16(23)21-22-19(25)14-6-4-3-5-7-14/h3-9H,10-11H2,1-2H3,(H,21,23)(H,22,25). The maximum atomic E-state index is 11.8. The molecule has 2 aromatic rings. The van der Waals surface area contributed by atoms with Gasteiger partial charge in [-0.05, 0) is 49.2 Å². The summed E-state index contributed by atoms with van der Waals surface area (Å²) in [5.41, 5.74) is 6.35. The third kappa shape index (κ3) is 6.31. The molecule has 0 aromatic heterocycles. The second-order valence-electron chi connectivity index (χ2n) is 5.69. The molecule has 0 spiro atoms. The molecule has 0 unspecified atom stereocenters. The molecule has 2 N–H and O–H groups in total. The van der Waals surface area contributed by atoms with E-state index < -0.39 is 24.4 Å². The van der Waals surface area contributed by atoms with Crippen LogP contribution in [0.1, 0.15) is 21.5 Å². The summed E-state index contributed by atoms with van der Waals surface area (Å²) >= 11 is 5.94. The molecule has 0 saturated carbocycles. The number of hydrogen-bond acceptors (Lipinski definition) is 5. The molecule has 0 radical (unpaired) electrons. The van der Waals surface area contributed by atoms with Crippen LogP contribution in [0.3, 0.4) is 0 Å². The summed E-state index contributed by atoms with van der Waals surface area (Å²) in [6.07, 6.45) is 0. The molecule has 142 valence electrons. The fourth-order valence-electron chi connectivity index (χ4n) is 2.27. The molecular weight excluding hydrogens is 372 g/mol. The van der Waals surface area contributed by atoms with Gasteiger partial charge in [0.25, 0.3) is 11.8 Å². The minimum absolute atomic E-state index is 0.354. The molecule has 0 saturated heterocycles. The number of halogens is 1. The zero-order chi connectivity index (χ0) is 19.8. The van der Waals surface area contributed by atoms with Crippen LogP contribution in [0.5, 0.6) is 5.75 Å². The number of hydrazine groups is 1. The van der Waals surface area contributed by atoms with E-state index in [0.29, 0.717) is 16.3 Å². The minimum atomic E-state index is -0.715. The van der Waals surface area contributed by atoms with Gasteiger partial charge in [0.15, 0.2) is 13.2 Å². The largest absolute Gasteiger partial charge is 0.481 e. The van der Waals surface area contributed by atoms with Gasteiger partial charge in [0.1, 0.15) is 5.75 Å². The summed E-state index contributed by atoms with van der Waals surface area (Å²) in [4.78, 5) is 35.1. The van der Waals surface area contributed by atoms with Crippen molar-refractivity contribution < 1.29 is 23.9 Å². The van der Waals surface area contributed by atoms with Gasteiger partial charge in [-0.3, -0.25) is 20.4 Å². The zero-order valence-corrected chi connectivity index (χ0v) is 15.6. The lowest BCUT2D eigenvalue weighted by atomic mass is 10.1. The average molecular weight is 391 g/mol. The molecule has 0 aliphatic carbocycles.